The molecule has 0 saturated heterocycles. The van der Waals surface area contributed by atoms with Crippen molar-refractivity contribution in [2.24, 2.45) is 5.10 Å². The highest BCUT2D eigenvalue weighted by Gasteiger charge is 2.16. The lowest BCUT2D eigenvalue weighted by atomic mass is 10.2. The number of thiophene rings is 1. The Kier molecular flexibility index (Phi) is 6.06. The summed E-state index contributed by atoms with van der Waals surface area (Å²) in [4.78, 5) is 24.8. The Bertz CT molecular complexity index is 1300. The van der Waals surface area contributed by atoms with Crippen molar-refractivity contribution in [1.82, 2.24) is 5.43 Å². The number of benzene rings is 3. The number of nitrogens with one attached hydrogen (secondary N) is 1. The average Bonchev–Trinajstić information content (AvgIpc) is 3.12. The van der Waals surface area contributed by atoms with Crippen LogP contribution < -0.4 is 10.2 Å². The Morgan fingerprint density at radius 2 is 1.71 bits per heavy atom. The number of ether oxygens (including phenoxy) is 1. The molecule has 0 aliphatic carbocycles. The van der Waals surface area contributed by atoms with Crippen molar-refractivity contribution in [2.75, 3.05) is 0 Å². The first-order valence-corrected chi connectivity index (χ1v) is 10.3. The Morgan fingerprint density at radius 3 is 2.45 bits per heavy atom. The number of carbonyl (C=O) groups excluding carboxylic acids is 2. The number of esters is 1. The van der Waals surface area contributed by atoms with Crippen molar-refractivity contribution >= 4 is 51.1 Å². The second kappa shape index (κ2) is 9.07. The maximum Gasteiger partial charge on any atom is 0.346 e. The van der Waals surface area contributed by atoms with Gasteiger partial charge in [0.25, 0.3) is 5.91 Å². The molecule has 3 aromatic carbocycles. The Hall–Kier alpha value is -3.55. The molecule has 0 spiro atoms. The zero-order chi connectivity index (χ0) is 21.8. The maximum atomic E-state index is 13.7. The van der Waals surface area contributed by atoms with Gasteiger partial charge in [0.05, 0.1) is 16.8 Å². The van der Waals surface area contributed by atoms with E-state index in [9.17, 15) is 14.0 Å². The highest BCUT2D eigenvalue weighted by molar-refractivity contribution is 7.21. The minimum absolute atomic E-state index is 0.143. The number of fused-ring (bicyclic) bond motifs is 1. The van der Waals surface area contributed by atoms with E-state index < -0.39 is 17.7 Å². The van der Waals surface area contributed by atoms with Crippen LogP contribution in [0.15, 0.2) is 77.9 Å². The topological polar surface area (TPSA) is 67.8 Å². The van der Waals surface area contributed by atoms with Crippen molar-refractivity contribution in [1.29, 1.82) is 0 Å². The lowest BCUT2D eigenvalue weighted by Gasteiger charge is -2.05. The number of nitrogens with zero attached hydrogens (tertiary/aromatic N) is 1. The number of hydrazone groups is 1. The first-order valence-electron chi connectivity index (χ1n) is 9.10. The van der Waals surface area contributed by atoms with Gasteiger partial charge in [-0.3, -0.25) is 4.79 Å². The quantitative estimate of drug-likeness (QED) is 0.183. The molecule has 31 heavy (non-hydrogen) atoms. The van der Waals surface area contributed by atoms with Gasteiger partial charge in [-0.05, 0) is 48.0 Å². The summed E-state index contributed by atoms with van der Waals surface area (Å²) in [6, 6.07) is 19.5. The van der Waals surface area contributed by atoms with Gasteiger partial charge in [-0.15, -0.1) is 11.3 Å². The minimum atomic E-state index is -0.785. The Labute approximate surface area is 185 Å². The molecular weight excluding hydrogens is 439 g/mol. The van der Waals surface area contributed by atoms with Crippen LogP contribution in [-0.2, 0) is 0 Å². The van der Waals surface area contributed by atoms with Crippen LogP contribution in [0.2, 0.25) is 5.02 Å². The third-order valence-electron chi connectivity index (χ3n) is 4.31. The van der Waals surface area contributed by atoms with Crippen molar-refractivity contribution < 1.29 is 18.7 Å². The molecule has 0 unspecified atom stereocenters. The summed E-state index contributed by atoms with van der Waals surface area (Å²) in [7, 11) is 0. The van der Waals surface area contributed by atoms with Crippen LogP contribution in [0.3, 0.4) is 0 Å². The SMILES string of the molecule is O=C(Oc1ccc(/C=N/NC(=O)c2sc3ccccc3c2Cl)cc1)c1ccccc1F. The van der Waals surface area contributed by atoms with Gasteiger partial charge in [0.2, 0.25) is 0 Å². The van der Waals surface area contributed by atoms with Gasteiger partial charge in [0.1, 0.15) is 16.4 Å². The molecule has 1 amide bonds. The van der Waals surface area contributed by atoms with E-state index in [-0.39, 0.29) is 11.3 Å². The van der Waals surface area contributed by atoms with Crippen molar-refractivity contribution in [3.63, 3.8) is 0 Å². The lowest BCUT2D eigenvalue weighted by Crippen LogP contribution is -2.16. The zero-order valence-corrected chi connectivity index (χ0v) is 17.4. The number of rotatable bonds is 5. The van der Waals surface area contributed by atoms with E-state index in [1.807, 2.05) is 24.3 Å². The molecule has 1 N–H and O–H groups in total. The molecule has 0 radical (unpaired) electrons. The predicted molar refractivity (Wildman–Crippen MR) is 120 cm³/mol. The second-order valence-electron chi connectivity index (χ2n) is 6.38. The highest BCUT2D eigenvalue weighted by atomic mass is 35.5. The third kappa shape index (κ3) is 4.63. The minimum Gasteiger partial charge on any atom is -0.423 e. The molecule has 154 valence electrons. The van der Waals surface area contributed by atoms with E-state index >= 15 is 0 Å². The summed E-state index contributed by atoms with van der Waals surface area (Å²) < 4.78 is 19.8. The first kappa shape index (κ1) is 20.7. The normalized spacial score (nSPS) is 11.0. The Balaban J connectivity index is 1.38. The van der Waals surface area contributed by atoms with E-state index in [0.717, 1.165) is 10.1 Å². The summed E-state index contributed by atoms with van der Waals surface area (Å²) >= 11 is 7.59. The van der Waals surface area contributed by atoms with E-state index in [4.69, 9.17) is 16.3 Å². The van der Waals surface area contributed by atoms with Gasteiger partial charge in [-0.25, -0.2) is 14.6 Å². The molecule has 0 saturated carbocycles. The monoisotopic (exact) mass is 452 g/mol. The van der Waals surface area contributed by atoms with Gasteiger partial charge in [-0.1, -0.05) is 41.9 Å². The molecule has 0 bridgehead atoms. The van der Waals surface area contributed by atoms with Gasteiger partial charge in [-0.2, -0.15) is 5.10 Å². The molecule has 0 aliphatic heterocycles. The van der Waals surface area contributed by atoms with Crippen LogP contribution in [-0.4, -0.2) is 18.1 Å². The fourth-order valence-electron chi connectivity index (χ4n) is 2.79. The zero-order valence-electron chi connectivity index (χ0n) is 15.8. The molecule has 4 aromatic rings. The number of hydrogen-bond donors (Lipinski definition) is 1. The summed E-state index contributed by atoms with van der Waals surface area (Å²) in [6.45, 7) is 0. The molecule has 0 atom stereocenters. The first-order chi connectivity index (χ1) is 15.0. The van der Waals surface area contributed by atoms with Crippen LogP contribution >= 0.6 is 22.9 Å². The molecule has 1 heterocycles. The summed E-state index contributed by atoms with van der Waals surface area (Å²) in [6.07, 6.45) is 1.45. The second-order valence-corrected chi connectivity index (χ2v) is 7.81. The van der Waals surface area contributed by atoms with Gasteiger partial charge < -0.3 is 4.74 Å². The van der Waals surface area contributed by atoms with E-state index in [2.05, 4.69) is 10.5 Å². The highest BCUT2D eigenvalue weighted by Crippen LogP contribution is 2.34. The lowest BCUT2D eigenvalue weighted by molar-refractivity contribution is 0.0729. The van der Waals surface area contributed by atoms with E-state index in [0.29, 0.717) is 15.5 Å². The fourth-order valence-corrected chi connectivity index (χ4v) is 4.19. The summed E-state index contributed by atoms with van der Waals surface area (Å²) in [5.41, 5.74) is 2.97. The molecular formula is C23H14ClFN2O3S. The number of hydrogen-bond acceptors (Lipinski definition) is 5. The molecule has 4 rings (SSSR count). The van der Waals surface area contributed by atoms with Gasteiger partial charge in [0.15, 0.2) is 0 Å². The summed E-state index contributed by atoms with van der Waals surface area (Å²) in [5.74, 6) is -1.58. The maximum absolute atomic E-state index is 13.7. The number of amides is 1. The van der Waals surface area contributed by atoms with E-state index in [1.54, 1.807) is 30.3 Å². The van der Waals surface area contributed by atoms with Crippen molar-refractivity contribution in [2.45, 2.75) is 0 Å². The standard InChI is InChI=1S/C23H14ClFN2O3S/c24-20-17-6-2-4-8-19(17)31-21(20)22(28)27-26-13-14-9-11-15(12-10-14)30-23(29)16-5-1-3-7-18(16)25/h1-13H,(H,27,28)/b26-13+. The van der Waals surface area contributed by atoms with Crippen LogP contribution in [0, 0.1) is 5.82 Å². The van der Waals surface area contributed by atoms with Gasteiger partial charge in [0, 0.05) is 10.1 Å². The number of halogens is 2. The van der Waals surface area contributed by atoms with Crippen LogP contribution in [0.25, 0.3) is 10.1 Å². The van der Waals surface area contributed by atoms with Crippen molar-refractivity contribution in [3.8, 4) is 5.75 Å². The molecule has 1 aromatic heterocycles. The molecule has 5 nitrogen and oxygen atoms in total. The molecule has 0 fully saturated rings. The van der Waals surface area contributed by atoms with Crippen LogP contribution in [0.1, 0.15) is 25.6 Å². The molecule has 8 heteroatoms. The third-order valence-corrected chi connectivity index (χ3v) is 5.98. The average molecular weight is 453 g/mol. The molecule has 0 aliphatic rings. The van der Waals surface area contributed by atoms with Crippen LogP contribution in [0.5, 0.6) is 5.75 Å². The van der Waals surface area contributed by atoms with Crippen molar-refractivity contribution in [3.05, 3.63) is 99.6 Å². The predicted octanol–water partition coefficient (Wildman–Crippen LogP) is 5.68. The number of carbonyl (C=O) groups is 2. The fraction of sp³-hybridized carbons (Fsp3) is 0. The Morgan fingerprint density at radius 1 is 1.00 bits per heavy atom. The van der Waals surface area contributed by atoms with E-state index in [1.165, 1.54) is 35.8 Å². The largest absolute Gasteiger partial charge is 0.423 e. The van der Waals surface area contributed by atoms with Crippen LogP contribution in [0.4, 0.5) is 4.39 Å². The van der Waals surface area contributed by atoms with Gasteiger partial charge >= 0.3 is 5.97 Å². The summed E-state index contributed by atoms with van der Waals surface area (Å²) in [5, 5.41) is 5.17. The smallest absolute Gasteiger partial charge is 0.346 e.